The van der Waals surface area contributed by atoms with E-state index in [0.717, 1.165) is 24.3 Å². The summed E-state index contributed by atoms with van der Waals surface area (Å²) in [7, 11) is 5.73. The number of ether oxygens (including phenoxy) is 11. The summed E-state index contributed by atoms with van der Waals surface area (Å²) in [6, 6.07) is 6.70. The molecule has 18 heteroatoms. The molecule has 3 N–H and O–H groups in total. The Labute approximate surface area is 348 Å². The van der Waals surface area contributed by atoms with Gasteiger partial charge in [-0.05, 0) is 47.4 Å². The fourth-order valence-electron chi connectivity index (χ4n) is 5.71. The minimum atomic E-state index is -0.785. The molecule has 2 fully saturated rings. The predicted octanol–water partition coefficient (Wildman–Crippen LogP) is 3.30. The molecule has 0 unspecified atom stereocenters. The Bertz CT molecular complexity index is 1740. The van der Waals surface area contributed by atoms with Gasteiger partial charge in [0.05, 0.1) is 86.9 Å². The number of benzene rings is 2. The van der Waals surface area contributed by atoms with Crippen molar-refractivity contribution in [2.24, 2.45) is 10.8 Å². The van der Waals surface area contributed by atoms with Gasteiger partial charge in [0.15, 0.2) is 12.6 Å². The predicted molar refractivity (Wildman–Crippen MR) is 209 cm³/mol. The van der Waals surface area contributed by atoms with Gasteiger partial charge >= 0.3 is 23.9 Å². The normalized spacial score (nSPS) is 21.4. The van der Waals surface area contributed by atoms with Crippen molar-refractivity contribution in [3.63, 3.8) is 0 Å². The van der Waals surface area contributed by atoms with Crippen molar-refractivity contribution in [1.29, 1.82) is 0 Å². The van der Waals surface area contributed by atoms with Gasteiger partial charge in [-0.15, -0.1) is 0 Å². The number of aliphatic hydroxyl groups excluding tert-OH is 3. The molecule has 0 amide bonds. The lowest BCUT2D eigenvalue weighted by Crippen LogP contribution is -2.40. The average Bonchev–Trinajstić information content (AvgIpc) is 3.27. The molecule has 2 saturated heterocycles. The summed E-state index contributed by atoms with van der Waals surface area (Å²) >= 11 is 0. The first-order valence-electron chi connectivity index (χ1n) is 18.9. The summed E-state index contributed by atoms with van der Waals surface area (Å²) < 4.78 is 59.0. The molecule has 2 aliphatic heterocycles. The molecule has 2 heterocycles. The Kier molecular flexibility index (Phi) is 19.9. The molecule has 4 rings (SSSR count). The van der Waals surface area contributed by atoms with Crippen LogP contribution in [-0.4, -0.2) is 114 Å². The van der Waals surface area contributed by atoms with Crippen molar-refractivity contribution in [2.45, 2.75) is 59.6 Å². The lowest BCUT2D eigenvalue weighted by atomic mass is 9.92. The van der Waals surface area contributed by atoms with Crippen LogP contribution in [0, 0.1) is 10.8 Å². The Morgan fingerprint density at radius 1 is 0.617 bits per heavy atom. The second-order valence-electron chi connectivity index (χ2n) is 14.3. The van der Waals surface area contributed by atoms with Crippen LogP contribution in [0.1, 0.15) is 67.6 Å². The molecule has 2 aromatic rings. The summed E-state index contributed by atoms with van der Waals surface area (Å²) in [6.07, 6.45) is 3.21. The zero-order chi connectivity index (χ0) is 44.3. The van der Waals surface area contributed by atoms with Crippen molar-refractivity contribution < 1.29 is 86.6 Å². The zero-order valence-electron chi connectivity index (χ0n) is 35.0. The second-order valence-corrected chi connectivity index (χ2v) is 14.3. The first-order chi connectivity index (χ1) is 28.7. The minimum absolute atomic E-state index is 0.0230. The van der Waals surface area contributed by atoms with Crippen molar-refractivity contribution in [3.05, 3.63) is 76.4 Å². The fraction of sp³-hybridized carbons (Fsp3) is 0.524. The van der Waals surface area contributed by atoms with Crippen LogP contribution in [0.3, 0.4) is 0 Å². The third-order valence-electron chi connectivity index (χ3n) is 8.98. The fourth-order valence-corrected chi connectivity index (χ4v) is 5.71. The lowest BCUT2D eigenvalue weighted by Gasteiger charge is -2.37. The summed E-state index contributed by atoms with van der Waals surface area (Å²) in [5, 5.41) is 28.8. The molecule has 2 aliphatic rings. The van der Waals surface area contributed by atoms with Crippen molar-refractivity contribution in [2.75, 3.05) is 74.7 Å². The van der Waals surface area contributed by atoms with Crippen LogP contribution in [0.15, 0.2) is 48.6 Å². The quantitative estimate of drug-likeness (QED) is 0.111. The molecule has 0 bridgehead atoms. The number of hydrogen-bond donors (Lipinski definition) is 3. The van der Waals surface area contributed by atoms with Crippen molar-refractivity contribution in [3.8, 4) is 17.2 Å². The molecule has 0 atom stereocenters. The maximum Gasteiger partial charge on any atom is 0.331 e. The maximum atomic E-state index is 11.9. The second kappa shape index (κ2) is 24.2. The van der Waals surface area contributed by atoms with Gasteiger partial charge in [-0.3, -0.25) is 0 Å². The van der Waals surface area contributed by atoms with Crippen LogP contribution < -0.4 is 14.2 Å². The van der Waals surface area contributed by atoms with E-state index in [-0.39, 0.29) is 66.1 Å². The number of aliphatic hydroxyl groups is 3. The molecular weight excluding hydrogens is 792 g/mol. The lowest BCUT2D eigenvalue weighted by molar-refractivity contribution is -0.239. The molecule has 332 valence electrons. The molecule has 60 heavy (non-hydrogen) atoms. The molecule has 0 saturated carbocycles. The van der Waals surface area contributed by atoms with Crippen LogP contribution in [0.5, 0.6) is 17.2 Å². The van der Waals surface area contributed by atoms with Crippen molar-refractivity contribution in [1.82, 2.24) is 0 Å². The molecular formula is C42H56O18. The van der Waals surface area contributed by atoms with Crippen LogP contribution in [0.4, 0.5) is 0 Å². The van der Waals surface area contributed by atoms with Crippen LogP contribution in [0.2, 0.25) is 0 Å². The Balaban J connectivity index is 0.000000321. The van der Waals surface area contributed by atoms with E-state index in [2.05, 4.69) is 4.74 Å². The number of carbonyl (C=O) groups excluding carboxylic acids is 4. The van der Waals surface area contributed by atoms with Crippen LogP contribution >= 0.6 is 0 Å². The van der Waals surface area contributed by atoms with Crippen LogP contribution in [0.25, 0.3) is 0 Å². The van der Waals surface area contributed by atoms with E-state index < -0.39 is 47.3 Å². The van der Waals surface area contributed by atoms with Gasteiger partial charge in [0, 0.05) is 40.7 Å². The maximum absolute atomic E-state index is 11.9. The van der Waals surface area contributed by atoms with Gasteiger partial charge in [0.2, 0.25) is 0 Å². The number of hydrogen-bond acceptors (Lipinski definition) is 18. The third kappa shape index (κ3) is 14.6. The van der Waals surface area contributed by atoms with E-state index in [0.29, 0.717) is 51.5 Å². The SMILES string of the molecule is CCCOC(=O)/C=C/C(=O)OCC1(C)COC(c2c(CO)cc(OC)cc2CO)OC1.COC(=O)/C=C/C(=O)OCC1(C)COC(c2c(OC)cc(CO)cc2OC)OC1. The summed E-state index contributed by atoms with van der Waals surface area (Å²) in [5.41, 5.74) is 1.65. The van der Waals surface area contributed by atoms with Gasteiger partial charge in [0.1, 0.15) is 30.5 Å². The topological polar surface area (TPSA) is 230 Å². The van der Waals surface area contributed by atoms with Gasteiger partial charge in [-0.2, -0.15) is 0 Å². The number of methoxy groups -OCH3 is 4. The average molecular weight is 849 g/mol. The highest BCUT2D eigenvalue weighted by atomic mass is 16.7. The van der Waals surface area contributed by atoms with E-state index in [1.807, 2.05) is 20.8 Å². The molecule has 0 aromatic heterocycles. The Morgan fingerprint density at radius 3 is 1.40 bits per heavy atom. The molecule has 0 spiro atoms. The van der Waals surface area contributed by atoms with E-state index in [1.165, 1.54) is 28.4 Å². The van der Waals surface area contributed by atoms with E-state index in [1.54, 1.807) is 24.3 Å². The third-order valence-corrected chi connectivity index (χ3v) is 8.98. The van der Waals surface area contributed by atoms with Crippen molar-refractivity contribution >= 4 is 23.9 Å². The summed E-state index contributed by atoms with van der Waals surface area (Å²) in [5.74, 6) is -1.12. The van der Waals surface area contributed by atoms with Gasteiger partial charge in [-0.1, -0.05) is 20.8 Å². The number of esters is 4. The first kappa shape index (κ1) is 49.3. The first-order valence-corrected chi connectivity index (χ1v) is 18.9. The Morgan fingerprint density at radius 2 is 1.03 bits per heavy atom. The molecule has 2 aromatic carbocycles. The van der Waals surface area contributed by atoms with Gasteiger partial charge < -0.3 is 67.4 Å². The molecule has 0 aliphatic carbocycles. The monoisotopic (exact) mass is 848 g/mol. The highest BCUT2D eigenvalue weighted by molar-refractivity contribution is 5.92. The summed E-state index contributed by atoms with van der Waals surface area (Å²) in [4.78, 5) is 46.0. The van der Waals surface area contributed by atoms with E-state index in [9.17, 15) is 34.5 Å². The van der Waals surface area contributed by atoms with E-state index in [4.69, 9.17) is 47.4 Å². The Hall–Kier alpha value is -5.08. The standard InChI is InChI=1S/C22H30O9.C20H26O9/c1-4-7-28-18(25)5-6-19(26)29-12-22(2)13-30-21(31-14-22)20-15(10-23)8-17(27-3)9-16(20)11-24;1-20(10-27-17(23)6-5-16(22)26-4)11-28-19(29-12-20)18-14(24-2)7-13(9-21)8-15(18)25-3/h5-6,8-9,21,23-24H,4,7,10-14H2,1-3H3;5-8,19,21H,9-12H2,1-4H3/b2*6-5+. The molecule has 18 nitrogen and oxygen atoms in total. The van der Waals surface area contributed by atoms with E-state index >= 15 is 0 Å². The smallest absolute Gasteiger partial charge is 0.331 e. The largest absolute Gasteiger partial charge is 0.497 e. The minimum Gasteiger partial charge on any atom is -0.497 e. The zero-order valence-corrected chi connectivity index (χ0v) is 35.0. The van der Waals surface area contributed by atoms with Crippen LogP contribution in [-0.2, 0) is 76.9 Å². The molecule has 0 radical (unpaired) electrons. The number of carbonyl (C=O) groups is 4. The summed E-state index contributed by atoms with van der Waals surface area (Å²) in [6.45, 7) is 6.14. The van der Waals surface area contributed by atoms with Gasteiger partial charge in [0.25, 0.3) is 0 Å². The van der Waals surface area contributed by atoms with Gasteiger partial charge in [-0.25, -0.2) is 19.2 Å². The number of rotatable bonds is 18. The highest BCUT2D eigenvalue weighted by Crippen LogP contribution is 2.42. The highest BCUT2D eigenvalue weighted by Gasteiger charge is 2.38.